The standard InChI is InChI=1S/C16H15ClN2O5S/c17-12-4-3-5-13(10-12)24-16-7-6-14(11-15(16)19(20)21)25(22,23)18-8-1-2-9-18/h3-7,10-11H,1-2,8-9H2. The van der Waals surface area contributed by atoms with Gasteiger partial charge < -0.3 is 4.74 Å². The molecule has 25 heavy (non-hydrogen) atoms. The van der Waals surface area contributed by atoms with Crippen molar-refractivity contribution in [3.05, 3.63) is 57.6 Å². The Labute approximate surface area is 150 Å². The maximum absolute atomic E-state index is 12.6. The number of nitrogens with zero attached hydrogens (tertiary/aromatic N) is 2. The van der Waals surface area contributed by atoms with Crippen LogP contribution in [0.2, 0.25) is 5.02 Å². The molecule has 1 heterocycles. The highest BCUT2D eigenvalue weighted by Gasteiger charge is 2.29. The predicted molar refractivity (Wildman–Crippen MR) is 92.6 cm³/mol. The van der Waals surface area contributed by atoms with E-state index in [-0.39, 0.29) is 10.6 Å². The summed E-state index contributed by atoms with van der Waals surface area (Å²) >= 11 is 5.87. The van der Waals surface area contributed by atoms with E-state index in [9.17, 15) is 18.5 Å². The fourth-order valence-electron chi connectivity index (χ4n) is 2.62. The van der Waals surface area contributed by atoms with Crippen molar-refractivity contribution in [2.24, 2.45) is 0 Å². The van der Waals surface area contributed by atoms with Crippen molar-refractivity contribution in [2.75, 3.05) is 13.1 Å². The van der Waals surface area contributed by atoms with Gasteiger partial charge in [0, 0.05) is 24.2 Å². The number of hydrogen-bond acceptors (Lipinski definition) is 5. The minimum atomic E-state index is -3.74. The smallest absolute Gasteiger partial charge is 0.312 e. The second-order valence-corrected chi connectivity index (χ2v) is 7.93. The molecule has 7 nitrogen and oxygen atoms in total. The summed E-state index contributed by atoms with van der Waals surface area (Å²) in [6, 6.07) is 10.1. The average molecular weight is 383 g/mol. The molecule has 0 aliphatic carbocycles. The molecule has 0 N–H and O–H groups in total. The van der Waals surface area contributed by atoms with Gasteiger partial charge in [0.1, 0.15) is 5.75 Å². The minimum absolute atomic E-state index is 0.0485. The van der Waals surface area contributed by atoms with Crippen molar-refractivity contribution in [1.29, 1.82) is 0 Å². The molecule has 1 aliphatic rings. The zero-order valence-electron chi connectivity index (χ0n) is 13.1. The second-order valence-electron chi connectivity index (χ2n) is 5.56. The molecule has 0 spiro atoms. The third kappa shape index (κ3) is 3.76. The third-order valence-electron chi connectivity index (χ3n) is 3.85. The maximum Gasteiger partial charge on any atom is 0.312 e. The lowest BCUT2D eigenvalue weighted by molar-refractivity contribution is -0.385. The highest BCUT2D eigenvalue weighted by atomic mass is 35.5. The Kier molecular flexibility index (Phi) is 4.94. The van der Waals surface area contributed by atoms with Crippen molar-refractivity contribution in [1.82, 2.24) is 4.31 Å². The van der Waals surface area contributed by atoms with E-state index >= 15 is 0 Å². The van der Waals surface area contributed by atoms with Crippen LogP contribution in [0.15, 0.2) is 47.4 Å². The van der Waals surface area contributed by atoms with Crippen LogP contribution in [0, 0.1) is 10.1 Å². The van der Waals surface area contributed by atoms with Crippen LogP contribution in [-0.4, -0.2) is 30.7 Å². The maximum atomic E-state index is 12.6. The Morgan fingerprint density at radius 1 is 1.12 bits per heavy atom. The molecule has 132 valence electrons. The summed E-state index contributed by atoms with van der Waals surface area (Å²) in [6.07, 6.45) is 1.58. The fourth-order valence-corrected chi connectivity index (χ4v) is 4.34. The van der Waals surface area contributed by atoms with Gasteiger partial charge in [-0.15, -0.1) is 0 Å². The first kappa shape index (κ1) is 17.7. The first-order chi connectivity index (χ1) is 11.9. The normalized spacial score (nSPS) is 15.2. The van der Waals surface area contributed by atoms with Gasteiger partial charge in [0.2, 0.25) is 15.8 Å². The van der Waals surface area contributed by atoms with Crippen LogP contribution < -0.4 is 4.74 Å². The Balaban J connectivity index is 1.97. The summed E-state index contributed by atoms with van der Waals surface area (Å²) in [5, 5.41) is 11.8. The van der Waals surface area contributed by atoms with E-state index in [0.717, 1.165) is 18.9 Å². The lowest BCUT2D eigenvalue weighted by atomic mass is 10.3. The van der Waals surface area contributed by atoms with Gasteiger partial charge in [-0.25, -0.2) is 8.42 Å². The van der Waals surface area contributed by atoms with Gasteiger partial charge >= 0.3 is 5.69 Å². The van der Waals surface area contributed by atoms with E-state index in [0.29, 0.717) is 23.9 Å². The highest BCUT2D eigenvalue weighted by Crippen LogP contribution is 2.35. The van der Waals surface area contributed by atoms with Gasteiger partial charge in [0.25, 0.3) is 0 Å². The molecule has 0 amide bonds. The van der Waals surface area contributed by atoms with Crippen molar-refractivity contribution in [3.8, 4) is 11.5 Å². The monoisotopic (exact) mass is 382 g/mol. The summed E-state index contributed by atoms with van der Waals surface area (Å²) in [6.45, 7) is 0.855. The molecule has 1 fully saturated rings. The Bertz CT molecular complexity index is 910. The van der Waals surface area contributed by atoms with Crippen LogP contribution in [0.5, 0.6) is 11.5 Å². The van der Waals surface area contributed by atoms with E-state index in [1.807, 2.05) is 0 Å². The molecule has 0 unspecified atom stereocenters. The Hall–Kier alpha value is -2.16. The fraction of sp³-hybridized carbons (Fsp3) is 0.250. The molecule has 0 atom stereocenters. The molecular formula is C16H15ClN2O5S. The molecule has 2 aromatic rings. The number of benzene rings is 2. The number of nitro groups is 1. The van der Waals surface area contributed by atoms with Crippen LogP contribution in [0.1, 0.15) is 12.8 Å². The molecule has 3 rings (SSSR count). The van der Waals surface area contributed by atoms with Gasteiger partial charge in [0.05, 0.1) is 9.82 Å². The number of rotatable bonds is 5. The van der Waals surface area contributed by atoms with Gasteiger partial charge in [-0.2, -0.15) is 4.31 Å². The number of ether oxygens (including phenoxy) is 1. The van der Waals surface area contributed by atoms with Crippen molar-refractivity contribution >= 4 is 27.3 Å². The quantitative estimate of drug-likeness (QED) is 0.579. The first-order valence-corrected chi connectivity index (χ1v) is 9.42. The Morgan fingerprint density at radius 2 is 1.84 bits per heavy atom. The average Bonchev–Trinajstić information content (AvgIpc) is 3.10. The summed E-state index contributed by atoms with van der Waals surface area (Å²) in [4.78, 5) is 10.6. The minimum Gasteiger partial charge on any atom is -0.450 e. The van der Waals surface area contributed by atoms with Crippen molar-refractivity contribution in [3.63, 3.8) is 0 Å². The van der Waals surface area contributed by atoms with E-state index in [1.165, 1.54) is 22.5 Å². The summed E-state index contributed by atoms with van der Waals surface area (Å²) in [5.74, 6) is 0.276. The third-order valence-corrected chi connectivity index (χ3v) is 5.98. The number of halogens is 1. The van der Waals surface area contributed by atoms with E-state index < -0.39 is 20.6 Å². The van der Waals surface area contributed by atoms with E-state index in [4.69, 9.17) is 16.3 Å². The molecule has 2 aromatic carbocycles. The SMILES string of the molecule is O=[N+]([O-])c1cc(S(=O)(=O)N2CCCC2)ccc1Oc1cccc(Cl)c1. The molecule has 1 saturated heterocycles. The van der Waals surface area contributed by atoms with Gasteiger partial charge in [-0.3, -0.25) is 10.1 Å². The number of hydrogen-bond donors (Lipinski definition) is 0. The number of nitro benzene ring substituents is 1. The van der Waals surface area contributed by atoms with Crippen molar-refractivity contribution < 1.29 is 18.1 Å². The molecular weight excluding hydrogens is 368 g/mol. The molecule has 9 heteroatoms. The highest BCUT2D eigenvalue weighted by molar-refractivity contribution is 7.89. The Morgan fingerprint density at radius 3 is 2.48 bits per heavy atom. The second kappa shape index (κ2) is 6.99. The zero-order chi connectivity index (χ0) is 18.0. The van der Waals surface area contributed by atoms with E-state index in [1.54, 1.807) is 18.2 Å². The van der Waals surface area contributed by atoms with Crippen LogP contribution in [-0.2, 0) is 10.0 Å². The summed E-state index contributed by atoms with van der Waals surface area (Å²) in [7, 11) is -3.74. The molecule has 0 radical (unpaired) electrons. The molecule has 1 aliphatic heterocycles. The van der Waals surface area contributed by atoms with Crippen LogP contribution in [0.4, 0.5) is 5.69 Å². The van der Waals surface area contributed by atoms with Gasteiger partial charge in [-0.05, 0) is 43.2 Å². The molecule has 0 aromatic heterocycles. The van der Waals surface area contributed by atoms with Crippen molar-refractivity contribution in [2.45, 2.75) is 17.7 Å². The summed E-state index contributed by atoms with van der Waals surface area (Å²) < 4.78 is 32.0. The van der Waals surface area contributed by atoms with Crippen LogP contribution in [0.25, 0.3) is 0 Å². The predicted octanol–water partition coefficient (Wildman–Crippen LogP) is 3.83. The largest absolute Gasteiger partial charge is 0.450 e. The summed E-state index contributed by atoms with van der Waals surface area (Å²) in [5.41, 5.74) is -0.416. The van der Waals surface area contributed by atoms with Crippen LogP contribution in [0.3, 0.4) is 0 Å². The van der Waals surface area contributed by atoms with Gasteiger partial charge in [-0.1, -0.05) is 17.7 Å². The zero-order valence-corrected chi connectivity index (χ0v) is 14.7. The van der Waals surface area contributed by atoms with E-state index in [2.05, 4.69) is 0 Å². The molecule has 0 saturated carbocycles. The van der Waals surface area contributed by atoms with Gasteiger partial charge in [0.15, 0.2) is 0 Å². The lowest BCUT2D eigenvalue weighted by Gasteiger charge is -2.15. The first-order valence-electron chi connectivity index (χ1n) is 7.60. The van der Waals surface area contributed by atoms with Crippen LogP contribution >= 0.6 is 11.6 Å². The topological polar surface area (TPSA) is 89.8 Å². The lowest BCUT2D eigenvalue weighted by Crippen LogP contribution is -2.27. The number of sulfonamides is 1. The molecule has 0 bridgehead atoms.